The zero-order valence-corrected chi connectivity index (χ0v) is 16.8. The number of aryl methyl sites for hydroxylation is 1. The van der Waals surface area contributed by atoms with Crippen molar-refractivity contribution < 1.29 is 9.90 Å². The highest BCUT2D eigenvalue weighted by Crippen LogP contribution is 2.27. The SMILES string of the molecule is Cc1cc(-c2cc(-c3cccc(C(=O)N4CCCC(C)C4)c3)ncn2)ccc1O. The molecule has 148 valence electrons. The van der Waals surface area contributed by atoms with Crippen molar-refractivity contribution in [3.63, 3.8) is 0 Å². The minimum Gasteiger partial charge on any atom is -0.508 e. The average molecular weight is 387 g/mol. The van der Waals surface area contributed by atoms with Gasteiger partial charge < -0.3 is 10.0 Å². The Labute approximate surface area is 171 Å². The molecular weight excluding hydrogens is 362 g/mol. The second kappa shape index (κ2) is 8.03. The molecule has 4 rings (SSSR count). The van der Waals surface area contributed by atoms with Crippen LogP contribution in [0, 0.1) is 12.8 Å². The highest BCUT2D eigenvalue weighted by atomic mass is 16.3. The highest BCUT2D eigenvalue weighted by molar-refractivity contribution is 5.95. The van der Waals surface area contributed by atoms with Crippen molar-refractivity contribution in [1.82, 2.24) is 14.9 Å². The zero-order chi connectivity index (χ0) is 20.4. The van der Waals surface area contributed by atoms with Crippen molar-refractivity contribution in [3.8, 4) is 28.3 Å². The number of piperidine rings is 1. The minimum absolute atomic E-state index is 0.0850. The van der Waals surface area contributed by atoms with E-state index in [0.717, 1.165) is 47.6 Å². The van der Waals surface area contributed by atoms with Crippen molar-refractivity contribution in [2.24, 2.45) is 5.92 Å². The third-order valence-corrected chi connectivity index (χ3v) is 5.51. The maximum Gasteiger partial charge on any atom is 0.253 e. The molecule has 1 aromatic heterocycles. The zero-order valence-electron chi connectivity index (χ0n) is 16.8. The molecule has 0 saturated carbocycles. The summed E-state index contributed by atoms with van der Waals surface area (Å²) in [7, 11) is 0. The van der Waals surface area contributed by atoms with E-state index in [9.17, 15) is 9.90 Å². The van der Waals surface area contributed by atoms with Crippen LogP contribution in [-0.2, 0) is 0 Å². The third-order valence-electron chi connectivity index (χ3n) is 5.51. The first-order chi connectivity index (χ1) is 14.0. The summed E-state index contributed by atoms with van der Waals surface area (Å²) in [5.41, 5.74) is 4.84. The summed E-state index contributed by atoms with van der Waals surface area (Å²) in [5, 5.41) is 9.76. The summed E-state index contributed by atoms with van der Waals surface area (Å²) in [5.74, 6) is 0.900. The highest BCUT2D eigenvalue weighted by Gasteiger charge is 2.22. The molecule has 3 aromatic rings. The summed E-state index contributed by atoms with van der Waals surface area (Å²) in [6, 6.07) is 15.0. The van der Waals surface area contributed by atoms with E-state index < -0.39 is 0 Å². The van der Waals surface area contributed by atoms with Crippen LogP contribution >= 0.6 is 0 Å². The fraction of sp³-hybridized carbons (Fsp3) is 0.292. The molecule has 1 amide bonds. The van der Waals surface area contributed by atoms with Crippen molar-refractivity contribution in [3.05, 3.63) is 66.0 Å². The molecule has 2 heterocycles. The predicted octanol–water partition coefficient (Wildman–Crippen LogP) is 4.70. The van der Waals surface area contributed by atoms with Crippen LogP contribution in [0.15, 0.2) is 54.9 Å². The fourth-order valence-corrected chi connectivity index (χ4v) is 3.86. The molecule has 1 fully saturated rings. The summed E-state index contributed by atoms with van der Waals surface area (Å²) in [6.45, 7) is 5.70. The Morgan fingerprint density at radius 3 is 2.55 bits per heavy atom. The number of amides is 1. The molecule has 1 aliphatic rings. The number of hydrogen-bond donors (Lipinski definition) is 1. The molecule has 5 heteroatoms. The average Bonchev–Trinajstić information content (AvgIpc) is 2.75. The maximum atomic E-state index is 13.0. The van der Waals surface area contributed by atoms with Crippen LogP contribution in [-0.4, -0.2) is 39.0 Å². The number of carbonyl (C=O) groups excluding carboxylic acids is 1. The monoisotopic (exact) mass is 387 g/mol. The summed E-state index contributed by atoms with van der Waals surface area (Å²) in [6.07, 6.45) is 3.78. The van der Waals surface area contributed by atoms with Gasteiger partial charge in [0, 0.05) is 29.8 Å². The van der Waals surface area contributed by atoms with E-state index >= 15 is 0 Å². The summed E-state index contributed by atoms with van der Waals surface area (Å²) < 4.78 is 0. The molecule has 29 heavy (non-hydrogen) atoms. The molecule has 0 bridgehead atoms. The molecule has 0 aliphatic carbocycles. The molecule has 1 saturated heterocycles. The minimum atomic E-state index is 0.0850. The first-order valence-corrected chi connectivity index (χ1v) is 10.0. The van der Waals surface area contributed by atoms with E-state index in [4.69, 9.17) is 0 Å². The fourth-order valence-electron chi connectivity index (χ4n) is 3.86. The van der Waals surface area contributed by atoms with E-state index in [2.05, 4.69) is 16.9 Å². The number of rotatable bonds is 3. The Morgan fingerprint density at radius 1 is 1.07 bits per heavy atom. The number of hydrogen-bond acceptors (Lipinski definition) is 4. The van der Waals surface area contributed by atoms with Gasteiger partial charge in [-0.3, -0.25) is 4.79 Å². The van der Waals surface area contributed by atoms with Gasteiger partial charge in [-0.15, -0.1) is 0 Å². The number of likely N-dealkylation sites (tertiary alicyclic amines) is 1. The van der Waals surface area contributed by atoms with Crippen molar-refractivity contribution in [2.45, 2.75) is 26.7 Å². The maximum absolute atomic E-state index is 13.0. The quantitative estimate of drug-likeness (QED) is 0.708. The van der Waals surface area contributed by atoms with Gasteiger partial charge in [-0.1, -0.05) is 19.1 Å². The second-order valence-corrected chi connectivity index (χ2v) is 7.87. The number of nitrogens with zero attached hydrogens (tertiary/aromatic N) is 3. The largest absolute Gasteiger partial charge is 0.508 e. The smallest absolute Gasteiger partial charge is 0.253 e. The van der Waals surface area contributed by atoms with Crippen LogP contribution in [0.3, 0.4) is 0 Å². The predicted molar refractivity (Wildman–Crippen MR) is 114 cm³/mol. The molecule has 0 spiro atoms. The van der Waals surface area contributed by atoms with E-state index in [1.165, 1.54) is 12.7 Å². The molecule has 1 atom stereocenters. The Morgan fingerprint density at radius 2 is 1.83 bits per heavy atom. The van der Waals surface area contributed by atoms with Gasteiger partial charge in [0.2, 0.25) is 0 Å². The lowest BCUT2D eigenvalue weighted by atomic mass is 9.99. The first kappa shape index (κ1) is 19.1. The Balaban J connectivity index is 1.63. The number of phenolic OH excluding ortho intramolecular Hbond substituents is 1. The standard InChI is InChI=1S/C24H25N3O2/c1-16-5-4-10-27(14-16)24(29)20-7-3-6-18(12-20)21-13-22(26-15-25-21)19-8-9-23(28)17(2)11-19/h3,6-9,11-13,15-16,28H,4-5,10,14H2,1-2H3. The van der Waals surface area contributed by atoms with Gasteiger partial charge in [0.25, 0.3) is 5.91 Å². The van der Waals surface area contributed by atoms with E-state index in [1.807, 2.05) is 54.3 Å². The molecule has 1 aliphatic heterocycles. The van der Waals surface area contributed by atoms with Crippen molar-refractivity contribution >= 4 is 5.91 Å². The first-order valence-electron chi connectivity index (χ1n) is 10.0. The van der Waals surface area contributed by atoms with Crippen LogP contribution in [0.2, 0.25) is 0 Å². The topological polar surface area (TPSA) is 66.3 Å². The second-order valence-electron chi connectivity index (χ2n) is 7.87. The number of aromatic hydroxyl groups is 1. The van der Waals surface area contributed by atoms with Crippen molar-refractivity contribution in [2.75, 3.05) is 13.1 Å². The van der Waals surface area contributed by atoms with Gasteiger partial charge in [0.05, 0.1) is 11.4 Å². The molecule has 1 unspecified atom stereocenters. The van der Waals surface area contributed by atoms with Crippen LogP contribution in [0.25, 0.3) is 22.5 Å². The lowest BCUT2D eigenvalue weighted by Gasteiger charge is -2.31. The third kappa shape index (κ3) is 4.14. The van der Waals surface area contributed by atoms with Crippen LogP contribution in [0.4, 0.5) is 0 Å². The summed E-state index contributed by atoms with van der Waals surface area (Å²) >= 11 is 0. The van der Waals surface area contributed by atoms with Gasteiger partial charge >= 0.3 is 0 Å². The number of carbonyl (C=O) groups is 1. The number of phenols is 1. The molecule has 0 radical (unpaired) electrons. The molecule has 2 aromatic carbocycles. The van der Waals surface area contributed by atoms with Gasteiger partial charge in [0.1, 0.15) is 12.1 Å². The van der Waals surface area contributed by atoms with Gasteiger partial charge in [0.15, 0.2) is 0 Å². The lowest BCUT2D eigenvalue weighted by molar-refractivity contribution is 0.0683. The van der Waals surface area contributed by atoms with E-state index in [0.29, 0.717) is 11.5 Å². The Kier molecular flexibility index (Phi) is 5.30. The van der Waals surface area contributed by atoms with Crippen LogP contribution in [0.5, 0.6) is 5.75 Å². The Bertz CT molecular complexity index is 1050. The molecule has 1 N–H and O–H groups in total. The molecular formula is C24H25N3O2. The summed E-state index contributed by atoms with van der Waals surface area (Å²) in [4.78, 5) is 23.7. The van der Waals surface area contributed by atoms with Crippen LogP contribution in [0.1, 0.15) is 35.7 Å². The lowest BCUT2D eigenvalue weighted by Crippen LogP contribution is -2.39. The van der Waals surface area contributed by atoms with Crippen molar-refractivity contribution in [1.29, 1.82) is 0 Å². The van der Waals surface area contributed by atoms with Gasteiger partial charge in [-0.2, -0.15) is 0 Å². The number of benzene rings is 2. The van der Waals surface area contributed by atoms with Crippen LogP contribution < -0.4 is 0 Å². The normalized spacial score (nSPS) is 16.6. The van der Waals surface area contributed by atoms with E-state index in [-0.39, 0.29) is 11.7 Å². The van der Waals surface area contributed by atoms with Gasteiger partial charge in [-0.25, -0.2) is 9.97 Å². The molecule has 5 nitrogen and oxygen atoms in total. The number of aromatic nitrogens is 2. The Hall–Kier alpha value is -3.21. The van der Waals surface area contributed by atoms with E-state index in [1.54, 1.807) is 6.07 Å². The van der Waals surface area contributed by atoms with Gasteiger partial charge in [-0.05, 0) is 67.6 Å².